The van der Waals surface area contributed by atoms with E-state index in [2.05, 4.69) is 22.3 Å². The van der Waals surface area contributed by atoms with Crippen molar-refractivity contribution in [3.05, 3.63) is 30.3 Å². The van der Waals surface area contributed by atoms with Gasteiger partial charge >= 0.3 is 0 Å². The molecule has 1 heterocycles. The lowest BCUT2D eigenvalue weighted by Gasteiger charge is -2.36. The van der Waals surface area contributed by atoms with Crippen molar-refractivity contribution in [1.29, 1.82) is 0 Å². The second-order valence-electron chi connectivity index (χ2n) is 7.54. The lowest BCUT2D eigenvalue weighted by molar-refractivity contribution is -0.131. The maximum atomic E-state index is 12.3. The highest BCUT2D eigenvalue weighted by Crippen LogP contribution is 2.18. The largest absolute Gasteiger partial charge is 0.368 e. The van der Waals surface area contributed by atoms with Gasteiger partial charge in [-0.3, -0.25) is 9.59 Å². The van der Waals surface area contributed by atoms with Crippen molar-refractivity contribution in [2.45, 2.75) is 33.6 Å². The fourth-order valence-electron chi connectivity index (χ4n) is 2.86. The monoisotopic (exact) mass is 331 g/mol. The quantitative estimate of drug-likeness (QED) is 0.900. The summed E-state index contributed by atoms with van der Waals surface area (Å²) in [5.41, 5.74) is 1.18. The van der Waals surface area contributed by atoms with Crippen LogP contribution in [0.3, 0.4) is 0 Å². The molecule has 2 amide bonds. The van der Waals surface area contributed by atoms with Gasteiger partial charge in [0.05, 0.1) is 0 Å². The summed E-state index contributed by atoms with van der Waals surface area (Å²) in [5, 5.41) is 2.85. The highest BCUT2D eigenvalue weighted by molar-refractivity contribution is 5.79. The summed E-state index contributed by atoms with van der Waals surface area (Å²) < 4.78 is 0. The fraction of sp³-hybridized carbons (Fsp3) is 0.579. The van der Waals surface area contributed by atoms with Crippen LogP contribution in [0.2, 0.25) is 0 Å². The topological polar surface area (TPSA) is 52.7 Å². The first-order valence-electron chi connectivity index (χ1n) is 8.70. The predicted octanol–water partition coefficient (Wildman–Crippen LogP) is 2.28. The molecule has 0 radical (unpaired) electrons. The van der Waals surface area contributed by atoms with E-state index in [9.17, 15) is 9.59 Å². The average molecular weight is 331 g/mol. The first-order valence-corrected chi connectivity index (χ1v) is 8.70. The summed E-state index contributed by atoms with van der Waals surface area (Å²) in [6.45, 7) is 9.70. The average Bonchev–Trinajstić information content (AvgIpc) is 2.54. The standard InChI is InChI=1S/C19H29N3O2/c1-19(2,3)15-17(23)20-10-9-18(24)22-13-11-21(12-14-22)16-7-5-4-6-8-16/h4-8H,9-15H2,1-3H3,(H,20,23). The zero-order valence-corrected chi connectivity index (χ0v) is 15.0. The number of amides is 2. The Morgan fingerprint density at radius 1 is 1.04 bits per heavy atom. The third-order valence-corrected chi connectivity index (χ3v) is 4.11. The van der Waals surface area contributed by atoms with Crippen LogP contribution in [0, 0.1) is 5.41 Å². The molecule has 24 heavy (non-hydrogen) atoms. The van der Waals surface area contributed by atoms with Crippen LogP contribution in [0.1, 0.15) is 33.6 Å². The van der Waals surface area contributed by atoms with Gasteiger partial charge in [0.1, 0.15) is 0 Å². The van der Waals surface area contributed by atoms with Gasteiger partial charge < -0.3 is 15.1 Å². The summed E-state index contributed by atoms with van der Waals surface area (Å²) in [4.78, 5) is 28.2. The van der Waals surface area contributed by atoms with E-state index in [0.717, 1.165) is 26.2 Å². The molecule has 132 valence electrons. The van der Waals surface area contributed by atoms with Gasteiger partial charge in [0.25, 0.3) is 0 Å². The Labute approximate surface area is 145 Å². The molecule has 1 fully saturated rings. The molecular weight excluding hydrogens is 302 g/mol. The summed E-state index contributed by atoms with van der Waals surface area (Å²) in [6.07, 6.45) is 0.859. The number of hydrogen-bond donors (Lipinski definition) is 1. The van der Waals surface area contributed by atoms with Gasteiger partial charge in [0, 0.05) is 51.3 Å². The molecule has 0 aromatic heterocycles. The number of piperazine rings is 1. The van der Waals surface area contributed by atoms with E-state index in [4.69, 9.17) is 0 Å². The first-order chi connectivity index (χ1) is 11.3. The highest BCUT2D eigenvalue weighted by Gasteiger charge is 2.21. The van der Waals surface area contributed by atoms with E-state index < -0.39 is 0 Å². The number of carbonyl (C=O) groups is 2. The van der Waals surface area contributed by atoms with Crippen molar-refractivity contribution in [3.8, 4) is 0 Å². The summed E-state index contributed by atoms with van der Waals surface area (Å²) >= 11 is 0. The second kappa shape index (κ2) is 8.18. The molecule has 1 aliphatic heterocycles. The Kier molecular flexibility index (Phi) is 6.23. The predicted molar refractivity (Wildman–Crippen MR) is 96.9 cm³/mol. The minimum Gasteiger partial charge on any atom is -0.368 e. The van der Waals surface area contributed by atoms with Gasteiger partial charge in [-0.15, -0.1) is 0 Å². The van der Waals surface area contributed by atoms with Crippen LogP contribution in [0.15, 0.2) is 30.3 Å². The number of carbonyl (C=O) groups excluding carboxylic acids is 2. The van der Waals surface area contributed by atoms with E-state index >= 15 is 0 Å². The minimum absolute atomic E-state index is 0.0178. The zero-order chi connectivity index (χ0) is 17.6. The Morgan fingerprint density at radius 3 is 2.25 bits per heavy atom. The number of benzene rings is 1. The van der Waals surface area contributed by atoms with Crippen LogP contribution in [0.25, 0.3) is 0 Å². The van der Waals surface area contributed by atoms with Crippen LogP contribution < -0.4 is 10.2 Å². The fourth-order valence-corrected chi connectivity index (χ4v) is 2.86. The first kappa shape index (κ1) is 18.3. The van der Waals surface area contributed by atoms with Crippen molar-refractivity contribution in [3.63, 3.8) is 0 Å². The number of hydrogen-bond acceptors (Lipinski definition) is 3. The minimum atomic E-state index is -0.0259. The van der Waals surface area contributed by atoms with Gasteiger partial charge in [-0.25, -0.2) is 0 Å². The van der Waals surface area contributed by atoms with Crippen LogP contribution >= 0.6 is 0 Å². The number of anilines is 1. The van der Waals surface area contributed by atoms with E-state index in [0.29, 0.717) is 19.4 Å². The SMILES string of the molecule is CC(C)(C)CC(=O)NCCC(=O)N1CCN(c2ccccc2)CC1. The van der Waals surface area contributed by atoms with Crippen molar-refractivity contribution in [2.24, 2.45) is 5.41 Å². The smallest absolute Gasteiger partial charge is 0.224 e. The maximum absolute atomic E-state index is 12.3. The highest BCUT2D eigenvalue weighted by atomic mass is 16.2. The lowest BCUT2D eigenvalue weighted by atomic mass is 9.92. The van der Waals surface area contributed by atoms with Crippen LogP contribution in [-0.2, 0) is 9.59 Å². The van der Waals surface area contributed by atoms with Crippen molar-refractivity contribution in [1.82, 2.24) is 10.2 Å². The third kappa shape index (κ3) is 5.87. The summed E-state index contributed by atoms with van der Waals surface area (Å²) in [7, 11) is 0. The van der Waals surface area contributed by atoms with Crippen molar-refractivity contribution in [2.75, 3.05) is 37.6 Å². The molecule has 0 aliphatic carbocycles. The van der Waals surface area contributed by atoms with Gasteiger partial charge in [-0.05, 0) is 17.5 Å². The normalized spacial score (nSPS) is 15.3. The van der Waals surface area contributed by atoms with Crippen LogP contribution in [0.4, 0.5) is 5.69 Å². The number of rotatable bonds is 5. The van der Waals surface area contributed by atoms with Crippen molar-refractivity contribution < 1.29 is 9.59 Å². The summed E-state index contributed by atoms with van der Waals surface area (Å²) in [6, 6.07) is 10.3. The van der Waals surface area contributed by atoms with Crippen LogP contribution in [-0.4, -0.2) is 49.4 Å². The van der Waals surface area contributed by atoms with E-state index in [1.54, 1.807) is 0 Å². The maximum Gasteiger partial charge on any atom is 0.224 e. The van der Waals surface area contributed by atoms with Gasteiger partial charge in [-0.1, -0.05) is 39.0 Å². The van der Waals surface area contributed by atoms with E-state index in [1.807, 2.05) is 43.9 Å². The summed E-state index contributed by atoms with van der Waals surface area (Å²) in [5.74, 6) is 0.142. The molecule has 0 bridgehead atoms. The molecule has 1 aromatic rings. The number of nitrogens with zero attached hydrogens (tertiary/aromatic N) is 2. The third-order valence-electron chi connectivity index (χ3n) is 4.11. The molecule has 0 unspecified atom stereocenters. The molecule has 5 nitrogen and oxygen atoms in total. The Bertz CT molecular complexity index is 543. The Morgan fingerprint density at radius 2 is 1.67 bits per heavy atom. The van der Waals surface area contributed by atoms with Gasteiger partial charge in [-0.2, -0.15) is 0 Å². The molecule has 1 aliphatic rings. The molecule has 1 aromatic carbocycles. The van der Waals surface area contributed by atoms with Gasteiger partial charge in [0.15, 0.2) is 0 Å². The lowest BCUT2D eigenvalue weighted by Crippen LogP contribution is -2.49. The molecule has 2 rings (SSSR count). The van der Waals surface area contributed by atoms with Crippen LogP contribution in [0.5, 0.6) is 0 Å². The van der Waals surface area contributed by atoms with Crippen molar-refractivity contribution >= 4 is 17.5 Å². The number of nitrogens with one attached hydrogen (secondary N) is 1. The zero-order valence-electron chi connectivity index (χ0n) is 15.0. The number of para-hydroxylation sites is 1. The Hall–Kier alpha value is -2.04. The molecule has 1 N–H and O–H groups in total. The second-order valence-corrected chi connectivity index (χ2v) is 7.54. The molecular formula is C19H29N3O2. The molecule has 1 saturated heterocycles. The molecule has 5 heteroatoms. The molecule has 0 spiro atoms. The van der Waals surface area contributed by atoms with Gasteiger partial charge in [0.2, 0.25) is 11.8 Å². The van der Waals surface area contributed by atoms with E-state index in [1.165, 1.54) is 5.69 Å². The van der Waals surface area contributed by atoms with E-state index in [-0.39, 0.29) is 17.2 Å². The molecule has 0 saturated carbocycles. The molecule has 0 atom stereocenters. The Balaban J connectivity index is 1.69.